The van der Waals surface area contributed by atoms with Gasteiger partial charge in [0, 0.05) is 13.1 Å². The Hall–Kier alpha value is -1.10. The maximum absolute atomic E-state index is 11.2. The lowest BCUT2D eigenvalue weighted by Crippen LogP contribution is -2.62. The van der Waals surface area contributed by atoms with Gasteiger partial charge in [-0.3, -0.25) is 9.59 Å². The van der Waals surface area contributed by atoms with Crippen LogP contribution in [0.15, 0.2) is 0 Å². The second kappa shape index (κ2) is 2.70. The maximum atomic E-state index is 11.2. The molecule has 72 valence electrons. The van der Waals surface area contributed by atoms with E-state index in [-0.39, 0.29) is 23.9 Å². The number of nitrogens with zero attached hydrogens (tertiary/aromatic N) is 1. The molecular formula is C8H13N3O2. The number of amides is 2. The maximum Gasteiger partial charge on any atom is 0.236 e. The molecule has 1 atom stereocenters. The van der Waals surface area contributed by atoms with Crippen LogP contribution in [-0.2, 0) is 9.59 Å². The number of rotatable bonds is 1. The lowest BCUT2D eigenvalue weighted by molar-refractivity contribution is -0.134. The summed E-state index contributed by atoms with van der Waals surface area (Å²) in [6, 6.07) is 0. The molecule has 0 bridgehead atoms. The van der Waals surface area contributed by atoms with Gasteiger partial charge in [-0.05, 0) is 6.42 Å². The highest BCUT2D eigenvalue weighted by atomic mass is 16.2. The largest absolute Gasteiger partial charge is 0.348 e. The molecule has 0 radical (unpaired) electrons. The van der Waals surface area contributed by atoms with Crippen LogP contribution >= 0.6 is 0 Å². The van der Waals surface area contributed by atoms with E-state index < -0.39 is 0 Å². The van der Waals surface area contributed by atoms with Crippen LogP contribution in [0, 0.1) is 0 Å². The van der Waals surface area contributed by atoms with Gasteiger partial charge in [-0.25, -0.2) is 0 Å². The molecule has 5 heteroatoms. The fourth-order valence-corrected chi connectivity index (χ4v) is 2.05. The van der Waals surface area contributed by atoms with Crippen molar-refractivity contribution < 1.29 is 9.59 Å². The summed E-state index contributed by atoms with van der Waals surface area (Å²) in [6.07, 6.45) is 1.42. The van der Waals surface area contributed by atoms with Gasteiger partial charge in [0.15, 0.2) is 0 Å². The molecule has 0 aliphatic carbocycles. The highest BCUT2D eigenvalue weighted by molar-refractivity contribution is 5.86. The van der Waals surface area contributed by atoms with Crippen molar-refractivity contribution in [2.45, 2.75) is 18.4 Å². The molecule has 2 aliphatic heterocycles. The van der Waals surface area contributed by atoms with Gasteiger partial charge in [-0.1, -0.05) is 0 Å². The van der Waals surface area contributed by atoms with Gasteiger partial charge in [0.25, 0.3) is 0 Å². The van der Waals surface area contributed by atoms with E-state index in [0.29, 0.717) is 13.0 Å². The van der Waals surface area contributed by atoms with Gasteiger partial charge in [0.05, 0.1) is 18.5 Å². The van der Waals surface area contributed by atoms with Crippen molar-refractivity contribution in [1.29, 1.82) is 0 Å². The molecule has 0 aromatic carbocycles. The van der Waals surface area contributed by atoms with Crippen molar-refractivity contribution in [1.82, 2.24) is 10.2 Å². The van der Waals surface area contributed by atoms with Gasteiger partial charge in [-0.2, -0.15) is 0 Å². The molecule has 0 aromatic rings. The summed E-state index contributed by atoms with van der Waals surface area (Å²) in [5, 5.41) is 2.85. The molecule has 2 rings (SSSR count). The molecule has 2 saturated heterocycles. The minimum atomic E-state index is -0.109. The monoisotopic (exact) mass is 183 g/mol. The lowest BCUT2D eigenvalue weighted by Gasteiger charge is -2.38. The second-order valence-electron chi connectivity index (χ2n) is 3.77. The van der Waals surface area contributed by atoms with Crippen LogP contribution in [0.4, 0.5) is 0 Å². The highest BCUT2D eigenvalue weighted by Gasteiger charge is 2.48. The standard InChI is InChI=1S/C8H13N3O2/c9-4-7(13)11-2-1-8(5-11)3-6(12)10-8/h1-5,9H2,(H,10,12)/t8-/m0/s1. The minimum Gasteiger partial charge on any atom is -0.348 e. The van der Waals surface area contributed by atoms with Crippen molar-refractivity contribution in [2.24, 2.45) is 5.73 Å². The highest BCUT2D eigenvalue weighted by Crippen LogP contribution is 2.30. The first-order chi connectivity index (χ1) is 6.15. The zero-order valence-electron chi connectivity index (χ0n) is 7.38. The molecule has 1 spiro atoms. The van der Waals surface area contributed by atoms with E-state index >= 15 is 0 Å². The molecule has 0 saturated carbocycles. The first kappa shape index (κ1) is 8.50. The summed E-state index contributed by atoms with van der Waals surface area (Å²) < 4.78 is 0. The zero-order valence-corrected chi connectivity index (χ0v) is 7.38. The van der Waals surface area contributed by atoms with Gasteiger partial charge < -0.3 is 16.0 Å². The topological polar surface area (TPSA) is 75.4 Å². The number of β-lactam (4-membered cyclic amide) rings is 1. The molecule has 13 heavy (non-hydrogen) atoms. The van der Waals surface area contributed by atoms with E-state index in [9.17, 15) is 9.59 Å². The number of carbonyl (C=O) groups excluding carboxylic acids is 2. The molecule has 2 heterocycles. The molecule has 2 amide bonds. The predicted octanol–water partition coefficient (Wildman–Crippen LogP) is -1.56. The minimum absolute atomic E-state index is 0.0296. The molecule has 0 unspecified atom stereocenters. The van der Waals surface area contributed by atoms with E-state index in [1.54, 1.807) is 4.90 Å². The van der Waals surface area contributed by atoms with Crippen molar-refractivity contribution in [3.05, 3.63) is 0 Å². The summed E-state index contributed by atoms with van der Waals surface area (Å²) in [5.41, 5.74) is 5.14. The Kier molecular flexibility index (Phi) is 1.76. The number of likely N-dealkylation sites (tertiary alicyclic amines) is 1. The molecule has 2 aliphatic rings. The Morgan fingerprint density at radius 2 is 2.38 bits per heavy atom. The predicted molar refractivity (Wildman–Crippen MR) is 45.7 cm³/mol. The third kappa shape index (κ3) is 1.29. The van der Waals surface area contributed by atoms with Crippen LogP contribution in [0.3, 0.4) is 0 Å². The summed E-state index contributed by atoms with van der Waals surface area (Å²) in [4.78, 5) is 23.7. The normalized spacial score (nSPS) is 31.8. The quantitative estimate of drug-likeness (QED) is 0.482. The van der Waals surface area contributed by atoms with E-state index in [0.717, 1.165) is 13.0 Å². The molecular weight excluding hydrogens is 170 g/mol. The first-order valence-electron chi connectivity index (χ1n) is 4.44. The van der Waals surface area contributed by atoms with Crippen LogP contribution in [0.2, 0.25) is 0 Å². The molecule has 5 nitrogen and oxygen atoms in total. The van der Waals surface area contributed by atoms with Crippen molar-refractivity contribution in [2.75, 3.05) is 19.6 Å². The number of nitrogens with one attached hydrogen (secondary N) is 1. The van der Waals surface area contributed by atoms with Gasteiger partial charge in [0.1, 0.15) is 0 Å². The molecule has 3 N–H and O–H groups in total. The Bertz CT molecular complexity index is 256. The Labute approximate surface area is 76.3 Å². The number of hydrogen-bond donors (Lipinski definition) is 2. The Balaban J connectivity index is 1.95. The van der Waals surface area contributed by atoms with E-state index in [2.05, 4.69) is 5.32 Å². The van der Waals surface area contributed by atoms with Crippen molar-refractivity contribution in [3.63, 3.8) is 0 Å². The number of hydrogen-bond acceptors (Lipinski definition) is 3. The summed E-state index contributed by atoms with van der Waals surface area (Å²) in [7, 11) is 0. The van der Waals surface area contributed by atoms with Crippen LogP contribution in [0.1, 0.15) is 12.8 Å². The Morgan fingerprint density at radius 1 is 1.69 bits per heavy atom. The molecule has 2 fully saturated rings. The van der Waals surface area contributed by atoms with Crippen molar-refractivity contribution in [3.8, 4) is 0 Å². The zero-order chi connectivity index (χ0) is 9.47. The first-order valence-corrected chi connectivity index (χ1v) is 4.44. The number of carbonyl (C=O) groups is 2. The Morgan fingerprint density at radius 3 is 2.92 bits per heavy atom. The number of nitrogens with two attached hydrogens (primary N) is 1. The fraction of sp³-hybridized carbons (Fsp3) is 0.750. The molecule has 0 aromatic heterocycles. The van der Waals surface area contributed by atoms with Crippen molar-refractivity contribution >= 4 is 11.8 Å². The average Bonchev–Trinajstić information content (AvgIpc) is 2.47. The van der Waals surface area contributed by atoms with Crippen LogP contribution in [-0.4, -0.2) is 41.9 Å². The van der Waals surface area contributed by atoms with E-state index in [4.69, 9.17) is 5.73 Å². The van der Waals surface area contributed by atoms with Gasteiger partial charge in [0.2, 0.25) is 11.8 Å². The van der Waals surface area contributed by atoms with Gasteiger partial charge >= 0.3 is 0 Å². The van der Waals surface area contributed by atoms with Crippen LogP contribution in [0.25, 0.3) is 0 Å². The summed E-state index contributed by atoms with van der Waals surface area (Å²) in [5.74, 6) is 0.0556. The smallest absolute Gasteiger partial charge is 0.236 e. The summed E-state index contributed by atoms with van der Waals surface area (Å²) >= 11 is 0. The van der Waals surface area contributed by atoms with E-state index in [1.165, 1.54) is 0 Å². The SMILES string of the molecule is NCC(=O)N1CC[C@]2(CC(=O)N2)C1. The van der Waals surface area contributed by atoms with Gasteiger partial charge in [-0.15, -0.1) is 0 Å². The second-order valence-corrected chi connectivity index (χ2v) is 3.77. The third-order valence-electron chi connectivity index (χ3n) is 2.78. The third-order valence-corrected chi connectivity index (χ3v) is 2.78. The fourth-order valence-electron chi connectivity index (χ4n) is 2.05. The average molecular weight is 183 g/mol. The summed E-state index contributed by atoms with van der Waals surface area (Å²) in [6.45, 7) is 1.41. The van der Waals surface area contributed by atoms with Crippen LogP contribution < -0.4 is 11.1 Å². The van der Waals surface area contributed by atoms with Crippen LogP contribution in [0.5, 0.6) is 0 Å². The lowest BCUT2D eigenvalue weighted by atomic mass is 9.86. The van der Waals surface area contributed by atoms with E-state index in [1.807, 2.05) is 0 Å².